The summed E-state index contributed by atoms with van der Waals surface area (Å²) in [4.78, 5) is 0. The predicted octanol–water partition coefficient (Wildman–Crippen LogP) is 3.47. The molecule has 0 aliphatic rings. The van der Waals surface area contributed by atoms with Crippen LogP contribution in [0, 0.1) is 0 Å². The lowest BCUT2D eigenvalue weighted by Crippen LogP contribution is -2.41. The topological polar surface area (TPSA) is 29.5 Å². The number of hydrogen-bond donors (Lipinski definition) is 1. The Morgan fingerprint density at radius 2 is 1.85 bits per heavy atom. The molecule has 0 spiro atoms. The van der Waals surface area contributed by atoms with Crippen molar-refractivity contribution in [2.75, 3.05) is 6.61 Å². The second-order valence-corrected chi connectivity index (χ2v) is 9.73. The second-order valence-electron chi connectivity index (χ2n) is 4.92. The van der Waals surface area contributed by atoms with Crippen molar-refractivity contribution in [1.82, 2.24) is 0 Å². The molecule has 0 unspecified atom stereocenters. The van der Waals surface area contributed by atoms with E-state index in [2.05, 4.69) is 40.4 Å². The van der Waals surface area contributed by atoms with Gasteiger partial charge in [0.15, 0.2) is 8.32 Å². The fraction of sp³-hybridized carbons (Fsp3) is 0.800. The van der Waals surface area contributed by atoms with E-state index in [1.807, 2.05) is 0 Å². The Morgan fingerprint density at radius 1 is 1.38 bits per heavy atom. The summed E-state index contributed by atoms with van der Waals surface area (Å²) in [5.41, 5.74) is 0. The molecule has 0 aliphatic carbocycles. The fourth-order valence-electron chi connectivity index (χ4n) is 0.641. The molecule has 0 rings (SSSR count). The highest BCUT2D eigenvalue weighted by Crippen LogP contribution is 2.36. The molecule has 78 valence electrons. The van der Waals surface area contributed by atoms with Crippen LogP contribution in [0.5, 0.6) is 0 Å². The standard InChI is InChI=1S/C10H22O2Si/c1-9(11)7-8-12-13(5,6)10(2,3)4/h11H,1,7-8H2,2-6H3. The minimum Gasteiger partial charge on any atom is -0.513 e. The lowest BCUT2D eigenvalue weighted by molar-refractivity contribution is 0.266. The summed E-state index contributed by atoms with van der Waals surface area (Å²) in [6.45, 7) is 15.0. The number of aliphatic hydroxyl groups excluding tert-OH is 1. The maximum absolute atomic E-state index is 8.89. The molecular weight excluding hydrogens is 180 g/mol. The molecule has 0 saturated heterocycles. The van der Waals surface area contributed by atoms with Crippen LogP contribution in [0.3, 0.4) is 0 Å². The number of aliphatic hydroxyl groups is 1. The minimum absolute atomic E-state index is 0.207. The lowest BCUT2D eigenvalue weighted by Gasteiger charge is -2.36. The van der Waals surface area contributed by atoms with Crippen LogP contribution in [0.2, 0.25) is 18.1 Å². The van der Waals surface area contributed by atoms with Gasteiger partial charge in [-0.15, -0.1) is 0 Å². The van der Waals surface area contributed by atoms with Gasteiger partial charge in [0.25, 0.3) is 0 Å². The smallest absolute Gasteiger partial charge is 0.191 e. The van der Waals surface area contributed by atoms with Gasteiger partial charge in [-0.3, -0.25) is 0 Å². The molecule has 0 amide bonds. The van der Waals surface area contributed by atoms with Gasteiger partial charge >= 0.3 is 0 Å². The largest absolute Gasteiger partial charge is 0.513 e. The molecule has 0 atom stereocenters. The summed E-state index contributed by atoms with van der Waals surface area (Å²) in [6.07, 6.45) is 0.548. The van der Waals surface area contributed by atoms with Crippen molar-refractivity contribution in [1.29, 1.82) is 0 Å². The average Bonchev–Trinajstić information content (AvgIpc) is 1.82. The van der Waals surface area contributed by atoms with Crippen molar-refractivity contribution in [3.05, 3.63) is 12.3 Å². The molecule has 3 heteroatoms. The first kappa shape index (κ1) is 12.7. The van der Waals surface area contributed by atoms with Gasteiger partial charge in [0.05, 0.1) is 5.76 Å². The van der Waals surface area contributed by atoms with Crippen molar-refractivity contribution in [3.63, 3.8) is 0 Å². The summed E-state index contributed by atoms with van der Waals surface area (Å²) < 4.78 is 5.82. The van der Waals surface area contributed by atoms with Gasteiger partial charge in [-0.05, 0) is 18.1 Å². The third kappa shape index (κ3) is 4.48. The molecule has 0 aliphatic heterocycles. The summed E-state index contributed by atoms with van der Waals surface area (Å²) in [6, 6.07) is 0. The summed E-state index contributed by atoms with van der Waals surface area (Å²) in [5.74, 6) is 0.207. The van der Waals surface area contributed by atoms with Crippen molar-refractivity contribution in [2.24, 2.45) is 0 Å². The van der Waals surface area contributed by atoms with Crippen LogP contribution in [0.25, 0.3) is 0 Å². The predicted molar refractivity (Wildman–Crippen MR) is 59.5 cm³/mol. The van der Waals surface area contributed by atoms with E-state index in [4.69, 9.17) is 9.53 Å². The van der Waals surface area contributed by atoms with Crippen LogP contribution in [-0.2, 0) is 4.43 Å². The van der Waals surface area contributed by atoms with E-state index in [0.29, 0.717) is 13.0 Å². The molecule has 0 fully saturated rings. The highest BCUT2D eigenvalue weighted by atomic mass is 28.4. The van der Waals surface area contributed by atoms with Crippen LogP contribution in [0.1, 0.15) is 27.2 Å². The Kier molecular flexibility index (Phi) is 4.19. The SMILES string of the molecule is C=C(O)CCO[Si](C)(C)C(C)(C)C. The van der Waals surface area contributed by atoms with Crippen LogP contribution in [-0.4, -0.2) is 20.0 Å². The number of rotatable bonds is 4. The molecule has 0 heterocycles. The van der Waals surface area contributed by atoms with Gasteiger partial charge in [0.2, 0.25) is 0 Å². The van der Waals surface area contributed by atoms with E-state index in [0.717, 1.165) is 0 Å². The molecule has 13 heavy (non-hydrogen) atoms. The molecule has 0 aromatic heterocycles. The van der Waals surface area contributed by atoms with E-state index in [-0.39, 0.29) is 10.8 Å². The quantitative estimate of drug-likeness (QED) is 0.559. The van der Waals surface area contributed by atoms with Gasteiger partial charge in [0.1, 0.15) is 0 Å². The van der Waals surface area contributed by atoms with E-state index >= 15 is 0 Å². The zero-order valence-electron chi connectivity index (χ0n) is 9.48. The zero-order valence-corrected chi connectivity index (χ0v) is 10.5. The molecular formula is C10H22O2Si. The lowest BCUT2D eigenvalue weighted by atomic mass is 10.2. The normalized spacial score (nSPS) is 13.0. The third-order valence-electron chi connectivity index (χ3n) is 2.66. The third-order valence-corrected chi connectivity index (χ3v) is 7.20. The van der Waals surface area contributed by atoms with Crippen LogP contribution < -0.4 is 0 Å². The van der Waals surface area contributed by atoms with Crippen molar-refractivity contribution in [2.45, 2.75) is 45.3 Å². The molecule has 2 nitrogen and oxygen atoms in total. The van der Waals surface area contributed by atoms with Crippen LogP contribution >= 0.6 is 0 Å². The Morgan fingerprint density at radius 3 is 2.15 bits per heavy atom. The Hall–Kier alpha value is -0.283. The van der Waals surface area contributed by atoms with Gasteiger partial charge in [0, 0.05) is 13.0 Å². The maximum atomic E-state index is 8.89. The van der Waals surface area contributed by atoms with Gasteiger partial charge < -0.3 is 9.53 Å². The van der Waals surface area contributed by atoms with Crippen LogP contribution in [0.4, 0.5) is 0 Å². The monoisotopic (exact) mass is 202 g/mol. The summed E-state index contributed by atoms with van der Waals surface area (Å²) >= 11 is 0. The Labute approximate surface area is 82.7 Å². The highest BCUT2D eigenvalue weighted by molar-refractivity contribution is 6.74. The molecule has 0 saturated carbocycles. The van der Waals surface area contributed by atoms with Gasteiger partial charge in [-0.25, -0.2) is 0 Å². The molecule has 1 N–H and O–H groups in total. The first-order chi connectivity index (χ1) is 5.67. The second kappa shape index (κ2) is 4.29. The van der Waals surface area contributed by atoms with Gasteiger partial charge in [-0.1, -0.05) is 27.4 Å². The summed E-state index contributed by atoms with van der Waals surface area (Å²) in [7, 11) is -1.62. The van der Waals surface area contributed by atoms with Crippen molar-refractivity contribution < 1.29 is 9.53 Å². The van der Waals surface area contributed by atoms with Gasteiger partial charge in [-0.2, -0.15) is 0 Å². The van der Waals surface area contributed by atoms with Crippen molar-refractivity contribution in [3.8, 4) is 0 Å². The minimum atomic E-state index is -1.62. The van der Waals surface area contributed by atoms with Crippen LogP contribution in [0.15, 0.2) is 12.3 Å². The number of hydrogen-bond acceptors (Lipinski definition) is 2. The first-order valence-electron chi connectivity index (χ1n) is 4.67. The fourth-order valence-corrected chi connectivity index (χ4v) is 1.69. The van der Waals surface area contributed by atoms with Crippen molar-refractivity contribution >= 4 is 8.32 Å². The van der Waals surface area contributed by atoms with E-state index < -0.39 is 8.32 Å². The molecule has 0 aromatic rings. The highest BCUT2D eigenvalue weighted by Gasteiger charge is 2.36. The Bertz CT molecular complexity index is 180. The first-order valence-corrected chi connectivity index (χ1v) is 7.58. The average molecular weight is 202 g/mol. The van der Waals surface area contributed by atoms with E-state index in [1.54, 1.807) is 0 Å². The summed E-state index contributed by atoms with van der Waals surface area (Å²) in [5, 5.41) is 9.13. The zero-order chi connectivity index (χ0) is 10.7. The molecule has 0 aromatic carbocycles. The molecule has 0 bridgehead atoms. The van der Waals surface area contributed by atoms with E-state index in [1.165, 1.54) is 0 Å². The Balaban J connectivity index is 3.97. The molecule has 0 radical (unpaired) electrons. The van der Waals surface area contributed by atoms with E-state index in [9.17, 15) is 0 Å². The maximum Gasteiger partial charge on any atom is 0.191 e.